The summed E-state index contributed by atoms with van der Waals surface area (Å²) in [7, 11) is 0. The van der Waals surface area contributed by atoms with E-state index < -0.39 is 12.0 Å². The molecule has 7 heteroatoms. The van der Waals surface area contributed by atoms with Crippen molar-refractivity contribution in [3.05, 3.63) is 126 Å². The third kappa shape index (κ3) is 5.37. The van der Waals surface area contributed by atoms with Gasteiger partial charge >= 0.3 is 5.97 Å². The van der Waals surface area contributed by atoms with Gasteiger partial charge in [-0.2, -0.15) is 0 Å². The number of hydrogen-bond acceptors (Lipinski definition) is 6. The Bertz CT molecular complexity index is 1790. The molecule has 0 N–H and O–H groups in total. The number of rotatable bonds is 7. The first-order chi connectivity index (χ1) is 20.4. The highest BCUT2D eigenvalue weighted by Crippen LogP contribution is 2.35. The van der Waals surface area contributed by atoms with E-state index in [1.807, 2.05) is 48.5 Å². The largest absolute Gasteiger partial charge is 0.463 e. The zero-order valence-corrected chi connectivity index (χ0v) is 25.1. The lowest BCUT2D eigenvalue weighted by Crippen LogP contribution is -2.40. The lowest BCUT2D eigenvalue weighted by Gasteiger charge is -2.26. The molecule has 1 saturated heterocycles. The summed E-state index contributed by atoms with van der Waals surface area (Å²) in [5, 5.41) is 0. The van der Waals surface area contributed by atoms with E-state index in [0.717, 1.165) is 29.8 Å². The van der Waals surface area contributed by atoms with Gasteiger partial charge in [-0.05, 0) is 60.6 Å². The van der Waals surface area contributed by atoms with Crippen LogP contribution in [0.5, 0.6) is 0 Å². The maximum Gasteiger partial charge on any atom is 0.338 e. The average Bonchev–Trinajstić information content (AvgIpc) is 3.66. The highest BCUT2D eigenvalue weighted by atomic mass is 32.1. The lowest BCUT2D eigenvalue weighted by atomic mass is 9.91. The van der Waals surface area contributed by atoms with Gasteiger partial charge in [0.25, 0.3) is 5.56 Å². The van der Waals surface area contributed by atoms with Crippen LogP contribution in [0.25, 0.3) is 11.8 Å². The zero-order chi connectivity index (χ0) is 29.2. The van der Waals surface area contributed by atoms with E-state index in [-0.39, 0.29) is 12.2 Å². The molecule has 2 aliphatic heterocycles. The van der Waals surface area contributed by atoms with Gasteiger partial charge in [-0.1, -0.05) is 91.9 Å². The lowest BCUT2D eigenvalue weighted by molar-refractivity contribution is -0.138. The van der Waals surface area contributed by atoms with Crippen molar-refractivity contribution in [1.82, 2.24) is 4.57 Å². The standard InChI is InChI=1S/C35H35N3O3S/c1-4-41-34(40)30-31(26-10-6-5-7-11-26)36-35-38(32(30)27-16-14-25(15-17-27)23(2)3)33(39)29(42-35)22-24-12-18-28(19-13-24)37-20-8-9-21-37/h5-7,10-19,22-23,32H,4,8-9,20-21H2,1-3H3/b29-22+/t32-/m0/s1. The van der Waals surface area contributed by atoms with Crippen molar-refractivity contribution < 1.29 is 9.53 Å². The van der Waals surface area contributed by atoms with Crippen molar-refractivity contribution in [3.8, 4) is 0 Å². The van der Waals surface area contributed by atoms with E-state index >= 15 is 0 Å². The van der Waals surface area contributed by atoms with Crippen molar-refractivity contribution in [2.75, 3.05) is 24.6 Å². The Balaban J connectivity index is 1.54. The quantitative estimate of drug-likeness (QED) is 0.266. The minimum absolute atomic E-state index is 0.172. The van der Waals surface area contributed by atoms with Crippen molar-refractivity contribution in [3.63, 3.8) is 0 Å². The summed E-state index contributed by atoms with van der Waals surface area (Å²) in [6.45, 7) is 8.48. The van der Waals surface area contributed by atoms with Crippen molar-refractivity contribution in [2.45, 2.75) is 45.6 Å². The van der Waals surface area contributed by atoms with E-state index in [4.69, 9.17) is 9.73 Å². The second-order valence-electron chi connectivity index (χ2n) is 11.0. The Kier molecular flexibility index (Phi) is 7.94. The molecule has 1 fully saturated rings. The molecule has 0 unspecified atom stereocenters. The number of fused-ring (bicyclic) bond motifs is 1. The fourth-order valence-corrected chi connectivity index (χ4v) is 6.73. The summed E-state index contributed by atoms with van der Waals surface area (Å²) >= 11 is 1.35. The molecule has 42 heavy (non-hydrogen) atoms. The molecule has 0 aliphatic carbocycles. The third-order valence-corrected chi connectivity index (χ3v) is 8.94. The van der Waals surface area contributed by atoms with Crippen molar-refractivity contribution in [1.29, 1.82) is 0 Å². The van der Waals surface area contributed by atoms with Crippen molar-refractivity contribution in [2.24, 2.45) is 4.99 Å². The van der Waals surface area contributed by atoms with Gasteiger partial charge in [0.1, 0.15) is 0 Å². The van der Waals surface area contributed by atoms with Crippen LogP contribution >= 0.6 is 11.3 Å². The van der Waals surface area contributed by atoms with E-state index in [2.05, 4.69) is 55.1 Å². The predicted molar refractivity (Wildman–Crippen MR) is 169 cm³/mol. The molecular weight excluding hydrogens is 542 g/mol. The Hall–Kier alpha value is -4.23. The summed E-state index contributed by atoms with van der Waals surface area (Å²) in [5.41, 5.74) is 5.73. The van der Waals surface area contributed by atoms with E-state index in [1.165, 1.54) is 35.4 Å². The summed E-state index contributed by atoms with van der Waals surface area (Å²) < 4.78 is 7.81. The summed E-state index contributed by atoms with van der Waals surface area (Å²) in [6, 6.07) is 25.5. The molecule has 0 radical (unpaired) electrons. The van der Waals surface area contributed by atoms with Gasteiger partial charge in [0, 0.05) is 24.3 Å². The molecule has 0 saturated carbocycles. The molecular formula is C35H35N3O3S. The van der Waals surface area contributed by atoms with Crippen LogP contribution in [0, 0.1) is 0 Å². The van der Waals surface area contributed by atoms with E-state index in [1.54, 1.807) is 11.5 Å². The number of esters is 1. The normalized spacial score (nSPS) is 17.0. The van der Waals surface area contributed by atoms with Gasteiger partial charge < -0.3 is 9.64 Å². The molecule has 3 aromatic carbocycles. The van der Waals surface area contributed by atoms with Gasteiger partial charge in [0.15, 0.2) is 4.80 Å². The van der Waals surface area contributed by atoms with Crippen molar-refractivity contribution >= 4 is 34.8 Å². The Labute approximate surface area is 249 Å². The number of carbonyl (C=O) groups is 1. The van der Waals surface area contributed by atoms with Crippen LogP contribution in [-0.2, 0) is 9.53 Å². The molecule has 0 spiro atoms. The van der Waals surface area contributed by atoms with Gasteiger partial charge in [-0.3, -0.25) is 9.36 Å². The van der Waals surface area contributed by atoms with Crippen LogP contribution in [0.2, 0.25) is 0 Å². The Morgan fingerprint density at radius 2 is 1.69 bits per heavy atom. The van der Waals surface area contributed by atoms with Crippen LogP contribution < -0.4 is 19.8 Å². The van der Waals surface area contributed by atoms with Crippen LogP contribution in [-0.4, -0.2) is 30.2 Å². The zero-order valence-electron chi connectivity index (χ0n) is 24.2. The molecule has 2 aliphatic rings. The van der Waals surface area contributed by atoms with E-state index in [0.29, 0.717) is 26.5 Å². The minimum atomic E-state index is -0.670. The Morgan fingerprint density at radius 3 is 2.33 bits per heavy atom. The highest BCUT2D eigenvalue weighted by Gasteiger charge is 2.35. The fourth-order valence-electron chi connectivity index (χ4n) is 5.73. The average molecular weight is 578 g/mol. The number of hydrogen-bond donors (Lipinski definition) is 0. The number of thiazole rings is 1. The fraction of sp³-hybridized carbons (Fsp3) is 0.286. The molecule has 1 aromatic heterocycles. The van der Waals surface area contributed by atoms with Gasteiger partial charge in [-0.25, -0.2) is 9.79 Å². The number of benzene rings is 3. The van der Waals surface area contributed by atoms with Crippen LogP contribution in [0.15, 0.2) is 94.2 Å². The number of carbonyl (C=O) groups excluding carboxylic acids is 1. The second kappa shape index (κ2) is 11.9. The summed E-state index contributed by atoms with van der Waals surface area (Å²) in [5.74, 6) is -0.109. The monoisotopic (exact) mass is 577 g/mol. The molecule has 3 heterocycles. The molecule has 0 amide bonds. The van der Waals surface area contributed by atoms with Gasteiger partial charge in [0.2, 0.25) is 0 Å². The first-order valence-electron chi connectivity index (χ1n) is 14.7. The maximum absolute atomic E-state index is 14.1. The highest BCUT2D eigenvalue weighted by molar-refractivity contribution is 7.07. The minimum Gasteiger partial charge on any atom is -0.463 e. The first-order valence-corrected chi connectivity index (χ1v) is 15.5. The topological polar surface area (TPSA) is 63.9 Å². The second-order valence-corrected chi connectivity index (χ2v) is 12.0. The van der Waals surface area contributed by atoms with Gasteiger partial charge in [-0.15, -0.1) is 0 Å². The SMILES string of the molecule is CCOC(=O)C1=C(c2ccccc2)N=c2s/c(=C/c3ccc(N4CCCC4)cc3)c(=O)n2[C@H]1c1ccc(C(C)C)cc1. The Morgan fingerprint density at radius 1 is 1.00 bits per heavy atom. The first kappa shape index (κ1) is 27.9. The maximum atomic E-state index is 14.1. The van der Waals surface area contributed by atoms with Crippen LogP contribution in [0.3, 0.4) is 0 Å². The molecule has 6 rings (SSSR count). The molecule has 6 nitrogen and oxygen atoms in total. The van der Waals surface area contributed by atoms with Gasteiger partial charge in [0.05, 0.1) is 28.5 Å². The molecule has 214 valence electrons. The summed E-state index contributed by atoms with van der Waals surface area (Å²) in [6.07, 6.45) is 4.37. The number of anilines is 1. The van der Waals surface area contributed by atoms with Crippen LogP contribution in [0.1, 0.15) is 67.8 Å². The smallest absolute Gasteiger partial charge is 0.338 e. The molecule has 4 aromatic rings. The molecule has 0 bridgehead atoms. The number of nitrogens with zero attached hydrogens (tertiary/aromatic N) is 3. The number of ether oxygens (including phenoxy) is 1. The van der Waals surface area contributed by atoms with Crippen LogP contribution in [0.4, 0.5) is 5.69 Å². The third-order valence-electron chi connectivity index (χ3n) is 7.95. The number of aromatic nitrogens is 1. The summed E-state index contributed by atoms with van der Waals surface area (Å²) in [4.78, 5) is 35.7. The molecule has 1 atom stereocenters. The van der Waals surface area contributed by atoms with E-state index in [9.17, 15) is 9.59 Å². The predicted octanol–water partition coefficient (Wildman–Crippen LogP) is 5.66.